The highest BCUT2D eigenvalue weighted by Crippen LogP contribution is 2.33. The molecule has 3 atom stereocenters. The van der Waals surface area contributed by atoms with E-state index in [1.54, 1.807) is 0 Å². The third-order valence-electron chi connectivity index (χ3n) is 7.78. The van der Waals surface area contributed by atoms with Crippen molar-refractivity contribution in [2.45, 2.75) is 138 Å². The van der Waals surface area contributed by atoms with Crippen LogP contribution in [0.5, 0.6) is 0 Å². The molecular formula is C38H65N5O7. The van der Waals surface area contributed by atoms with Crippen LogP contribution in [-0.4, -0.2) is 78.2 Å². The summed E-state index contributed by atoms with van der Waals surface area (Å²) in [5.74, 6) is -0.200. The van der Waals surface area contributed by atoms with Crippen molar-refractivity contribution >= 4 is 36.5 Å². The summed E-state index contributed by atoms with van der Waals surface area (Å²) in [7, 11) is 0. The molecule has 1 aliphatic heterocycles. The summed E-state index contributed by atoms with van der Waals surface area (Å²) in [5.41, 5.74) is 7.10. The molecule has 5 N–H and O–H groups in total. The average Bonchev–Trinajstić information content (AvgIpc) is 3.59. The maximum Gasteiger partial charge on any atom is 0.315 e. The molecular weight excluding hydrogens is 638 g/mol. The van der Waals surface area contributed by atoms with Crippen LogP contribution in [0.4, 0.5) is 4.79 Å². The Labute approximate surface area is 300 Å². The topological polar surface area (TPSA) is 177 Å². The SMILES string of the molecule is CC.CC(C)(C)OC=O.CC(C)C.CCNC(=O)NC(C(=O)N1CCCC1C)C1Cc2ccccc2C1.NC(=O)C(=O)C(CC1CC1)NC=O. The van der Waals surface area contributed by atoms with E-state index in [9.17, 15) is 28.8 Å². The third-order valence-corrected chi connectivity index (χ3v) is 7.78. The lowest BCUT2D eigenvalue weighted by Gasteiger charge is -2.30. The molecule has 0 spiro atoms. The molecule has 1 aromatic rings. The van der Waals surface area contributed by atoms with Crippen molar-refractivity contribution in [2.24, 2.45) is 23.5 Å². The average molecular weight is 704 g/mol. The number of fused-ring (bicyclic) bond motifs is 1. The first-order valence-corrected chi connectivity index (χ1v) is 18.1. The van der Waals surface area contributed by atoms with Gasteiger partial charge in [-0.15, -0.1) is 0 Å². The van der Waals surface area contributed by atoms with Crippen molar-refractivity contribution in [3.63, 3.8) is 0 Å². The van der Waals surface area contributed by atoms with Crippen molar-refractivity contribution in [3.8, 4) is 0 Å². The predicted molar refractivity (Wildman–Crippen MR) is 197 cm³/mol. The molecule has 4 rings (SSSR count). The number of carbonyl (C=O) groups excluding carboxylic acids is 6. The van der Waals surface area contributed by atoms with E-state index in [4.69, 9.17) is 5.73 Å². The van der Waals surface area contributed by atoms with E-state index in [2.05, 4.69) is 60.5 Å². The Kier molecular flexibility index (Phi) is 22.3. The standard InChI is InChI=1S/C19H27N3O2.C8H12N2O3.C5H10O2.C4H10.C2H6/c1-3-20-19(24)21-17(18(23)22-10-6-7-13(22)2)16-11-14-8-4-5-9-15(14)12-16;9-8(13)7(12)6(10-4-11)3-5-1-2-5;1-5(2,3)7-4-6;1-4(2)3;1-2/h4-5,8-9,13,16-17H,3,6-7,10-12H2,1-2H3,(H2,20,21,24);4-6H,1-3H2,(H2,9,13)(H,10,11);4H,1-3H3;4H,1-3H3;1-2H3. The van der Waals surface area contributed by atoms with E-state index in [1.807, 2.05) is 58.6 Å². The zero-order chi connectivity index (χ0) is 38.4. The Morgan fingerprint density at radius 2 is 1.54 bits per heavy atom. The number of ketones is 1. The van der Waals surface area contributed by atoms with Gasteiger partial charge in [-0.2, -0.15) is 0 Å². The van der Waals surface area contributed by atoms with E-state index in [-0.39, 0.29) is 29.5 Å². The van der Waals surface area contributed by atoms with Gasteiger partial charge in [-0.25, -0.2) is 4.79 Å². The molecule has 0 aromatic heterocycles. The maximum absolute atomic E-state index is 13.1. The van der Waals surface area contributed by atoms with E-state index < -0.39 is 23.8 Å². The molecule has 3 unspecified atom stereocenters. The minimum atomic E-state index is -0.986. The highest BCUT2D eigenvalue weighted by Gasteiger charge is 2.39. The highest BCUT2D eigenvalue weighted by molar-refractivity contribution is 6.37. The zero-order valence-electron chi connectivity index (χ0n) is 32.2. The minimum Gasteiger partial charge on any atom is -0.462 e. The molecule has 284 valence electrons. The van der Waals surface area contributed by atoms with Crippen LogP contribution in [0.25, 0.3) is 0 Å². The molecule has 50 heavy (non-hydrogen) atoms. The van der Waals surface area contributed by atoms with Gasteiger partial charge in [0.1, 0.15) is 11.6 Å². The summed E-state index contributed by atoms with van der Waals surface area (Å²) in [6.45, 7) is 21.7. The molecule has 1 heterocycles. The van der Waals surface area contributed by atoms with Crippen LogP contribution >= 0.6 is 0 Å². The molecule has 12 heteroatoms. The maximum atomic E-state index is 13.1. The zero-order valence-corrected chi connectivity index (χ0v) is 32.2. The number of amides is 5. The van der Waals surface area contributed by atoms with Crippen LogP contribution in [0.2, 0.25) is 0 Å². The van der Waals surface area contributed by atoms with Crippen LogP contribution in [0.3, 0.4) is 0 Å². The van der Waals surface area contributed by atoms with Crippen molar-refractivity contribution < 1.29 is 33.5 Å². The number of carbonyl (C=O) groups is 6. The lowest BCUT2D eigenvalue weighted by atomic mass is 9.95. The molecule has 1 aromatic carbocycles. The summed E-state index contributed by atoms with van der Waals surface area (Å²) < 4.78 is 4.55. The van der Waals surface area contributed by atoms with Crippen LogP contribution in [-0.2, 0) is 41.6 Å². The normalized spacial score (nSPS) is 17.2. The van der Waals surface area contributed by atoms with Gasteiger partial charge >= 0.3 is 6.03 Å². The fourth-order valence-corrected chi connectivity index (χ4v) is 5.34. The molecule has 12 nitrogen and oxygen atoms in total. The van der Waals surface area contributed by atoms with Gasteiger partial charge in [-0.05, 0) is 95.6 Å². The van der Waals surface area contributed by atoms with Crippen LogP contribution in [0.15, 0.2) is 24.3 Å². The smallest absolute Gasteiger partial charge is 0.315 e. The predicted octanol–water partition coefficient (Wildman–Crippen LogP) is 4.70. The van der Waals surface area contributed by atoms with Crippen molar-refractivity contribution in [1.29, 1.82) is 0 Å². The van der Waals surface area contributed by atoms with Crippen LogP contribution in [0, 0.1) is 17.8 Å². The van der Waals surface area contributed by atoms with E-state index >= 15 is 0 Å². The number of nitrogens with two attached hydrogens (primary N) is 1. The van der Waals surface area contributed by atoms with Gasteiger partial charge in [-0.1, -0.05) is 71.7 Å². The Morgan fingerprint density at radius 1 is 1.00 bits per heavy atom. The van der Waals surface area contributed by atoms with Crippen molar-refractivity contribution in [3.05, 3.63) is 35.4 Å². The van der Waals surface area contributed by atoms with Gasteiger partial charge < -0.3 is 31.3 Å². The van der Waals surface area contributed by atoms with Gasteiger partial charge in [0, 0.05) is 19.1 Å². The monoisotopic (exact) mass is 703 g/mol. The summed E-state index contributed by atoms with van der Waals surface area (Å²) in [5, 5.41) is 8.01. The quantitative estimate of drug-likeness (QED) is 0.191. The number of urea groups is 1. The number of Topliss-reactive ketones (excluding diaryl/α,β-unsaturated/α-hetero) is 1. The molecule has 2 fully saturated rings. The minimum absolute atomic E-state index is 0.0732. The fraction of sp³-hybridized carbons (Fsp3) is 0.684. The fourth-order valence-electron chi connectivity index (χ4n) is 5.34. The van der Waals surface area contributed by atoms with E-state index in [1.165, 1.54) is 11.1 Å². The number of nitrogens with one attached hydrogen (secondary N) is 3. The number of hydrogen-bond acceptors (Lipinski definition) is 7. The number of hydrogen-bond donors (Lipinski definition) is 4. The van der Waals surface area contributed by atoms with Gasteiger partial charge in [-0.3, -0.25) is 24.0 Å². The van der Waals surface area contributed by atoms with Gasteiger partial charge in [0.2, 0.25) is 18.1 Å². The first kappa shape index (κ1) is 46.0. The summed E-state index contributed by atoms with van der Waals surface area (Å²) in [6, 6.07) is 7.17. The second kappa shape index (κ2) is 24.2. The molecule has 0 radical (unpaired) electrons. The Morgan fingerprint density at radius 3 is 1.90 bits per heavy atom. The van der Waals surface area contributed by atoms with Crippen LogP contribution in [0.1, 0.15) is 112 Å². The number of rotatable bonds is 11. The number of ether oxygens (including phenoxy) is 1. The van der Waals surface area contributed by atoms with Gasteiger partial charge in [0.05, 0.1) is 6.04 Å². The third kappa shape index (κ3) is 18.7. The number of benzene rings is 1. The second-order valence-corrected chi connectivity index (χ2v) is 14.2. The molecule has 2 aliphatic carbocycles. The molecule has 3 aliphatic rings. The lowest BCUT2D eigenvalue weighted by molar-refractivity contribution is -0.138. The number of primary amides is 1. The molecule has 1 saturated carbocycles. The van der Waals surface area contributed by atoms with E-state index in [0.29, 0.717) is 31.8 Å². The molecule has 1 saturated heterocycles. The Bertz CT molecular complexity index is 1170. The Hall–Kier alpha value is -3.96. The lowest BCUT2D eigenvalue weighted by Crippen LogP contribution is -2.55. The van der Waals surface area contributed by atoms with Gasteiger partial charge in [0.25, 0.3) is 12.4 Å². The number of likely N-dealkylation sites (tertiary alicyclic amines) is 1. The Balaban J connectivity index is 0.000000773. The van der Waals surface area contributed by atoms with E-state index in [0.717, 1.165) is 51.0 Å². The van der Waals surface area contributed by atoms with Crippen molar-refractivity contribution in [2.75, 3.05) is 13.1 Å². The molecule has 5 amide bonds. The second-order valence-electron chi connectivity index (χ2n) is 14.2. The summed E-state index contributed by atoms with van der Waals surface area (Å²) in [4.78, 5) is 68.5. The van der Waals surface area contributed by atoms with Crippen molar-refractivity contribution in [1.82, 2.24) is 20.9 Å². The van der Waals surface area contributed by atoms with Gasteiger partial charge in [0.15, 0.2) is 0 Å². The number of nitrogens with zero attached hydrogens (tertiary/aromatic N) is 1. The molecule has 0 bridgehead atoms. The van der Waals surface area contributed by atoms with Crippen LogP contribution < -0.4 is 21.7 Å². The first-order valence-electron chi connectivity index (χ1n) is 18.1. The highest BCUT2D eigenvalue weighted by atomic mass is 16.5. The summed E-state index contributed by atoms with van der Waals surface area (Å²) >= 11 is 0. The summed E-state index contributed by atoms with van der Waals surface area (Å²) in [6.07, 6.45) is 6.86. The first-order chi connectivity index (χ1) is 23.5. The largest absolute Gasteiger partial charge is 0.462 e.